The van der Waals surface area contributed by atoms with Gasteiger partial charge in [-0.1, -0.05) is 32.5 Å². The van der Waals surface area contributed by atoms with Crippen molar-refractivity contribution >= 4 is 35.1 Å². The van der Waals surface area contributed by atoms with Crippen LogP contribution in [0.15, 0.2) is 34.2 Å². The predicted octanol–water partition coefficient (Wildman–Crippen LogP) is 3.40. The second-order valence-corrected chi connectivity index (χ2v) is 7.22. The highest BCUT2D eigenvalue weighted by Gasteiger charge is 2.18. The molecule has 0 saturated carbocycles. The molecule has 0 saturated heterocycles. The summed E-state index contributed by atoms with van der Waals surface area (Å²) in [4.78, 5) is 43.5. The first-order valence-corrected chi connectivity index (χ1v) is 9.39. The van der Waals surface area contributed by atoms with Crippen molar-refractivity contribution in [2.24, 2.45) is 0 Å². The molecule has 1 heterocycles. The van der Waals surface area contributed by atoms with Gasteiger partial charge in [0.1, 0.15) is 5.82 Å². The van der Waals surface area contributed by atoms with E-state index < -0.39 is 17.3 Å². The maximum absolute atomic E-state index is 13.0. The van der Waals surface area contributed by atoms with E-state index in [0.717, 1.165) is 18.6 Å². The third kappa shape index (κ3) is 5.65. The number of hydrogen-bond donors (Lipinski definition) is 3. The van der Waals surface area contributed by atoms with Crippen molar-refractivity contribution in [1.82, 2.24) is 9.97 Å². The molecule has 2 aromatic rings. The molecular weight excluding hydrogens is 371 g/mol. The molecule has 0 aliphatic carbocycles. The van der Waals surface area contributed by atoms with Crippen LogP contribution in [-0.2, 0) is 4.79 Å². The van der Waals surface area contributed by atoms with Gasteiger partial charge in [-0.2, -0.15) is 0 Å². The first kappa shape index (κ1) is 20.6. The highest BCUT2D eigenvalue weighted by atomic mass is 32.2. The Morgan fingerprint density at radius 1 is 1.22 bits per heavy atom. The second kappa shape index (κ2) is 9.31. The van der Waals surface area contributed by atoms with Gasteiger partial charge in [0.25, 0.3) is 11.5 Å². The fourth-order valence-corrected chi connectivity index (χ4v) is 2.84. The number of rotatable bonds is 7. The summed E-state index contributed by atoms with van der Waals surface area (Å²) in [6.07, 6.45) is 1.06. The molecule has 27 heavy (non-hydrogen) atoms. The SMILES string of the molecule is CCC(=O)Nc1nc(S[C@@H](C)CC)[nH]c(=O)c1NC(=O)c1ccc(F)cc1. The normalized spacial score (nSPS) is 11.7. The topological polar surface area (TPSA) is 104 Å². The van der Waals surface area contributed by atoms with E-state index in [9.17, 15) is 18.8 Å². The molecule has 0 fully saturated rings. The van der Waals surface area contributed by atoms with Gasteiger partial charge in [-0.15, -0.1) is 0 Å². The lowest BCUT2D eigenvalue weighted by molar-refractivity contribution is -0.115. The molecule has 0 unspecified atom stereocenters. The minimum atomic E-state index is -0.614. The van der Waals surface area contributed by atoms with Crippen LogP contribution in [0.4, 0.5) is 15.9 Å². The fourth-order valence-electron chi connectivity index (χ4n) is 2.00. The van der Waals surface area contributed by atoms with E-state index in [2.05, 4.69) is 20.6 Å². The summed E-state index contributed by atoms with van der Waals surface area (Å²) >= 11 is 1.36. The molecule has 1 aromatic heterocycles. The molecule has 0 radical (unpaired) electrons. The number of hydrogen-bond acceptors (Lipinski definition) is 5. The summed E-state index contributed by atoms with van der Waals surface area (Å²) in [6.45, 7) is 5.65. The van der Waals surface area contributed by atoms with Crippen molar-refractivity contribution in [1.29, 1.82) is 0 Å². The Kier molecular flexibility index (Phi) is 7.12. The van der Waals surface area contributed by atoms with Crippen molar-refractivity contribution in [3.05, 3.63) is 46.0 Å². The van der Waals surface area contributed by atoms with Gasteiger partial charge in [0.05, 0.1) is 0 Å². The van der Waals surface area contributed by atoms with Gasteiger partial charge in [-0.05, 0) is 30.7 Å². The number of aromatic amines is 1. The van der Waals surface area contributed by atoms with Crippen molar-refractivity contribution in [2.75, 3.05) is 10.6 Å². The molecule has 7 nitrogen and oxygen atoms in total. The van der Waals surface area contributed by atoms with Crippen LogP contribution in [0.3, 0.4) is 0 Å². The summed E-state index contributed by atoms with van der Waals surface area (Å²) in [5.41, 5.74) is -0.584. The van der Waals surface area contributed by atoms with Crippen molar-refractivity contribution in [3.63, 3.8) is 0 Å². The largest absolute Gasteiger partial charge is 0.314 e. The fraction of sp³-hybridized carbons (Fsp3) is 0.333. The monoisotopic (exact) mass is 392 g/mol. The molecule has 2 amide bonds. The molecule has 0 aliphatic rings. The number of amides is 2. The number of anilines is 2. The summed E-state index contributed by atoms with van der Waals surface area (Å²) in [6, 6.07) is 4.87. The number of H-pyrrole nitrogens is 1. The number of thioether (sulfide) groups is 1. The maximum atomic E-state index is 13.0. The third-order valence-corrected chi connectivity index (χ3v) is 4.86. The van der Waals surface area contributed by atoms with Crippen LogP contribution in [-0.4, -0.2) is 27.0 Å². The van der Waals surface area contributed by atoms with Crippen LogP contribution in [0.25, 0.3) is 0 Å². The molecule has 2 rings (SSSR count). The Morgan fingerprint density at radius 3 is 2.48 bits per heavy atom. The molecule has 3 N–H and O–H groups in total. The van der Waals surface area contributed by atoms with Gasteiger partial charge in [0.15, 0.2) is 16.7 Å². The van der Waals surface area contributed by atoms with Gasteiger partial charge in [-0.25, -0.2) is 9.37 Å². The molecule has 1 atom stereocenters. The molecule has 0 spiro atoms. The number of carbonyl (C=O) groups excluding carboxylic acids is 2. The van der Waals surface area contributed by atoms with E-state index in [4.69, 9.17) is 0 Å². The van der Waals surface area contributed by atoms with Crippen molar-refractivity contribution in [2.45, 2.75) is 44.0 Å². The molecule has 9 heteroatoms. The Labute approximate surface area is 160 Å². The highest BCUT2D eigenvalue weighted by molar-refractivity contribution is 7.99. The first-order valence-electron chi connectivity index (χ1n) is 8.51. The molecule has 0 aliphatic heterocycles. The van der Waals surface area contributed by atoms with Crippen LogP contribution in [0.1, 0.15) is 44.0 Å². The van der Waals surface area contributed by atoms with E-state index in [1.165, 1.54) is 23.9 Å². The summed E-state index contributed by atoms with van der Waals surface area (Å²) < 4.78 is 13.0. The average molecular weight is 392 g/mol. The quantitative estimate of drug-likeness (QED) is 0.495. The zero-order valence-corrected chi connectivity index (χ0v) is 16.1. The van der Waals surface area contributed by atoms with Gasteiger partial charge in [0, 0.05) is 17.2 Å². The van der Waals surface area contributed by atoms with E-state index in [1.54, 1.807) is 6.92 Å². The predicted molar refractivity (Wildman–Crippen MR) is 104 cm³/mol. The zero-order valence-electron chi connectivity index (χ0n) is 15.3. The minimum Gasteiger partial charge on any atom is -0.314 e. The number of halogens is 1. The van der Waals surface area contributed by atoms with E-state index in [0.29, 0.717) is 5.16 Å². The maximum Gasteiger partial charge on any atom is 0.277 e. The smallest absolute Gasteiger partial charge is 0.277 e. The van der Waals surface area contributed by atoms with Crippen LogP contribution in [0.5, 0.6) is 0 Å². The van der Waals surface area contributed by atoms with Crippen LogP contribution >= 0.6 is 11.8 Å². The van der Waals surface area contributed by atoms with E-state index in [1.807, 2.05) is 13.8 Å². The number of carbonyl (C=O) groups is 2. The third-order valence-electron chi connectivity index (χ3n) is 3.71. The van der Waals surface area contributed by atoms with Gasteiger partial charge >= 0.3 is 0 Å². The van der Waals surface area contributed by atoms with Crippen molar-refractivity contribution in [3.8, 4) is 0 Å². The Hall–Kier alpha value is -2.68. The number of nitrogens with zero attached hydrogens (tertiary/aromatic N) is 1. The summed E-state index contributed by atoms with van der Waals surface area (Å²) in [5.74, 6) is -1.46. The number of benzene rings is 1. The van der Waals surface area contributed by atoms with Gasteiger partial charge in [0.2, 0.25) is 5.91 Å². The highest BCUT2D eigenvalue weighted by Crippen LogP contribution is 2.24. The Morgan fingerprint density at radius 2 is 1.89 bits per heavy atom. The van der Waals surface area contributed by atoms with Gasteiger partial charge in [-0.3, -0.25) is 19.4 Å². The van der Waals surface area contributed by atoms with Gasteiger partial charge < -0.3 is 10.6 Å². The lowest BCUT2D eigenvalue weighted by atomic mass is 10.2. The second-order valence-electron chi connectivity index (χ2n) is 5.79. The first-order chi connectivity index (χ1) is 12.8. The van der Waals surface area contributed by atoms with Crippen molar-refractivity contribution < 1.29 is 14.0 Å². The van der Waals surface area contributed by atoms with Crippen LogP contribution in [0, 0.1) is 5.82 Å². The van der Waals surface area contributed by atoms with Crippen LogP contribution < -0.4 is 16.2 Å². The Balaban J connectivity index is 2.37. The molecule has 144 valence electrons. The standard InChI is InChI=1S/C18H21FN4O3S/c1-4-10(3)27-18-22-15(20-13(24)5-2)14(17(26)23-18)21-16(25)11-6-8-12(19)9-7-11/h6-10H,4-5H2,1-3H3,(H,21,25)(H2,20,22,23,24,26)/t10-/m0/s1. The average Bonchev–Trinajstić information content (AvgIpc) is 2.64. The lowest BCUT2D eigenvalue weighted by Crippen LogP contribution is -2.25. The number of aromatic nitrogens is 2. The van der Waals surface area contributed by atoms with Crippen LogP contribution in [0.2, 0.25) is 0 Å². The summed E-state index contributed by atoms with van der Waals surface area (Å²) in [5, 5.41) is 5.55. The lowest BCUT2D eigenvalue weighted by Gasteiger charge is -2.13. The van der Waals surface area contributed by atoms with E-state index in [-0.39, 0.29) is 34.6 Å². The zero-order chi connectivity index (χ0) is 20.0. The molecule has 0 bridgehead atoms. The minimum absolute atomic E-state index is 0.0214. The number of nitrogens with one attached hydrogen (secondary N) is 3. The molecule has 1 aromatic carbocycles. The van der Waals surface area contributed by atoms with E-state index >= 15 is 0 Å². The summed E-state index contributed by atoms with van der Waals surface area (Å²) in [7, 11) is 0. The molecular formula is C18H21FN4O3S. The Bertz CT molecular complexity index is 883.